The predicted octanol–water partition coefficient (Wildman–Crippen LogP) is 3.85. The molecule has 1 saturated heterocycles. The fourth-order valence-corrected chi connectivity index (χ4v) is 5.38. The van der Waals surface area contributed by atoms with E-state index in [1.807, 2.05) is 33.8 Å². The number of carbonyl (C=O) groups is 1. The second-order valence-electron chi connectivity index (χ2n) is 9.45. The van der Waals surface area contributed by atoms with Crippen molar-refractivity contribution in [3.8, 4) is 5.75 Å². The van der Waals surface area contributed by atoms with E-state index < -0.39 is 15.4 Å². The SMILES string of the molecule is Cc1ccc(C)c(OCCCC(C)(C)C(=O)NC2CCN(S(=O)(=O)c3cccnc3)CC2)c1. The molecule has 0 unspecified atom stereocenters. The summed E-state index contributed by atoms with van der Waals surface area (Å²) < 4.78 is 32.9. The Labute approximate surface area is 197 Å². The Morgan fingerprint density at radius 3 is 2.61 bits per heavy atom. The lowest BCUT2D eigenvalue weighted by atomic mass is 9.86. The molecule has 8 heteroatoms. The van der Waals surface area contributed by atoms with Crippen molar-refractivity contribution in [2.75, 3.05) is 19.7 Å². The van der Waals surface area contributed by atoms with E-state index in [4.69, 9.17) is 4.74 Å². The summed E-state index contributed by atoms with van der Waals surface area (Å²) in [6.07, 6.45) is 5.59. The molecule has 2 aromatic rings. The van der Waals surface area contributed by atoms with Gasteiger partial charge in [-0.1, -0.05) is 26.0 Å². The minimum Gasteiger partial charge on any atom is -0.493 e. The number of pyridine rings is 1. The first-order chi connectivity index (χ1) is 15.6. The summed E-state index contributed by atoms with van der Waals surface area (Å²) in [4.78, 5) is 17.0. The maximum absolute atomic E-state index is 12.9. The van der Waals surface area contributed by atoms with Crippen LogP contribution in [0.3, 0.4) is 0 Å². The molecule has 7 nitrogen and oxygen atoms in total. The molecule has 1 amide bonds. The molecule has 180 valence electrons. The van der Waals surface area contributed by atoms with Crippen molar-refractivity contribution in [1.82, 2.24) is 14.6 Å². The van der Waals surface area contributed by atoms with Crippen LogP contribution in [0.4, 0.5) is 0 Å². The third-order valence-electron chi connectivity index (χ3n) is 6.22. The molecule has 3 rings (SSSR count). The van der Waals surface area contributed by atoms with Crippen molar-refractivity contribution in [2.24, 2.45) is 5.41 Å². The van der Waals surface area contributed by atoms with Crippen LogP contribution in [0.25, 0.3) is 0 Å². The van der Waals surface area contributed by atoms with E-state index in [0.29, 0.717) is 39.0 Å². The van der Waals surface area contributed by atoms with Crippen molar-refractivity contribution in [1.29, 1.82) is 0 Å². The summed E-state index contributed by atoms with van der Waals surface area (Å²) in [6, 6.07) is 9.30. The van der Waals surface area contributed by atoms with Crippen molar-refractivity contribution >= 4 is 15.9 Å². The highest BCUT2D eigenvalue weighted by molar-refractivity contribution is 7.89. The number of ether oxygens (including phenoxy) is 1. The predicted molar refractivity (Wildman–Crippen MR) is 129 cm³/mol. The number of sulfonamides is 1. The van der Waals surface area contributed by atoms with Gasteiger partial charge in [0.1, 0.15) is 10.6 Å². The molecule has 0 saturated carbocycles. The Bertz CT molecular complexity index is 1050. The van der Waals surface area contributed by atoms with Crippen LogP contribution >= 0.6 is 0 Å². The molecule has 0 aliphatic carbocycles. The molecule has 1 fully saturated rings. The smallest absolute Gasteiger partial charge is 0.244 e. The van der Waals surface area contributed by atoms with Gasteiger partial charge in [-0.25, -0.2) is 8.42 Å². The lowest BCUT2D eigenvalue weighted by Gasteiger charge is -2.33. The first kappa shape index (κ1) is 25.2. The van der Waals surface area contributed by atoms with Gasteiger partial charge in [-0.05, 0) is 68.9 Å². The van der Waals surface area contributed by atoms with Gasteiger partial charge in [0.15, 0.2) is 0 Å². The number of aromatic nitrogens is 1. The number of nitrogens with one attached hydrogen (secondary N) is 1. The molecule has 2 heterocycles. The summed E-state index contributed by atoms with van der Waals surface area (Å²) in [6.45, 7) is 9.28. The Hall–Kier alpha value is -2.45. The molecule has 1 aromatic heterocycles. The van der Waals surface area contributed by atoms with Gasteiger partial charge in [0.25, 0.3) is 0 Å². The van der Waals surface area contributed by atoms with Crippen LogP contribution in [0.1, 0.15) is 50.7 Å². The van der Waals surface area contributed by atoms with Crippen LogP contribution < -0.4 is 10.1 Å². The second kappa shape index (κ2) is 10.7. The van der Waals surface area contributed by atoms with E-state index in [2.05, 4.69) is 22.4 Å². The van der Waals surface area contributed by atoms with Crippen LogP contribution in [0.15, 0.2) is 47.6 Å². The summed E-state index contributed by atoms with van der Waals surface area (Å²) in [5.74, 6) is 0.896. The quantitative estimate of drug-likeness (QED) is 0.559. The molecule has 33 heavy (non-hydrogen) atoms. The Morgan fingerprint density at radius 1 is 1.21 bits per heavy atom. The van der Waals surface area contributed by atoms with Gasteiger partial charge in [0.05, 0.1) is 6.61 Å². The molecule has 1 aliphatic heterocycles. The topological polar surface area (TPSA) is 88.6 Å². The van der Waals surface area contributed by atoms with Gasteiger partial charge in [-0.3, -0.25) is 9.78 Å². The highest BCUT2D eigenvalue weighted by Crippen LogP contribution is 2.26. The molecule has 0 spiro atoms. The molecule has 1 aliphatic rings. The summed E-state index contributed by atoms with van der Waals surface area (Å²) in [7, 11) is -3.54. The number of nitrogens with zero attached hydrogens (tertiary/aromatic N) is 2. The molecule has 0 radical (unpaired) electrons. The van der Waals surface area contributed by atoms with E-state index in [-0.39, 0.29) is 16.8 Å². The number of piperidine rings is 1. The Morgan fingerprint density at radius 2 is 1.94 bits per heavy atom. The second-order valence-corrected chi connectivity index (χ2v) is 11.4. The summed E-state index contributed by atoms with van der Waals surface area (Å²) in [5, 5.41) is 3.13. The highest BCUT2D eigenvalue weighted by Gasteiger charge is 2.33. The fraction of sp³-hybridized carbons (Fsp3) is 0.520. The van der Waals surface area contributed by atoms with Crippen LogP contribution in [0.5, 0.6) is 5.75 Å². The zero-order valence-corrected chi connectivity index (χ0v) is 20.8. The maximum atomic E-state index is 12.9. The average Bonchev–Trinajstić information content (AvgIpc) is 2.80. The van der Waals surface area contributed by atoms with Gasteiger partial charge in [-0.2, -0.15) is 4.31 Å². The van der Waals surface area contributed by atoms with E-state index in [0.717, 1.165) is 23.3 Å². The lowest BCUT2D eigenvalue weighted by Crippen LogP contribution is -2.49. The number of rotatable bonds is 9. The van der Waals surface area contributed by atoms with Crippen LogP contribution in [-0.4, -0.2) is 49.4 Å². The third kappa shape index (κ3) is 6.54. The van der Waals surface area contributed by atoms with E-state index in [1.54, 1.807) is 18.3 Å². The standard InChI is InChI=1S/C25H35N3O4S/c1-19-8-9-20(2)23(17-19)32-16-6-12-25(3,4)24(29)27-21-10-14-28(15-11-21)33(30,31)22-7-5-13-26-18-22/h5,7-9,13,17-18,21H,6,10-12,14-16H2,1-4H3,(H,27,29). The number of amides is 1. The minimum absolute atomic E-state index is 0.00260. The molecular formula is C25H35N3O4S. The number of aryl methyl sites for hydroxylation is 2. The molecule has 1 N–H and O–H groups in total. The van der Waals surface area contributed by atoms with Crippen molar-refractivity contribution in [2.45, 2.75) is 64.3 Å². The number of carbonyl (C=O) groups excluding carboxylic acids is 1. The van der Waals surface area contributed by atoms with Gasteiger partial charge in [0.2, 0.25) is 15.9 Å². The Kier molecular flexibility index (Phi) is 8.13. The largest absolute Gasteiger partial charge is 0.493 e. The zero-order valence-electron chi connectivity index (χ0n) is 20.0. The van der Waals surface area contributed by atoms with Gasteiger partial charge < -0.3 is 10.1 Å². The van der Waals surface area contributed by atoms with Crippen molar-refractivity contribution < 1.29 is 17.9 Å². The molecular weight excluding hydrogens is 438 g/mol. The molecule has 1 aromatic carbocycles. The number of hydrogen-bond donors (Lipinski definition) is 1. The first-order valence-electron chi connectivity index (χ1n) is 11.5. The van der Waals surface area contributed by atoms with Gasteiger partial charge >= 0.3 is 0 Å². The third-order valence-corrected chi connectivity index (χ3v) is 8.11. The minimum atomic E-state index is -3.54. The maximum Gasteiger partial charge on any atom is 0.244 e. The van der Waals surface area contributed by atoms with Crippen LogP contribution in [0.2, 0.25) is 0 Å². The molecule has 0 bridgehead atoms. The van der Waals surface area contributed by atoms with E-state index in [1.165, 1.54) is 10.5 Å². The lowest BCUT2D eigenvalue weighted by molar-refractivity contribution is -0.130. The first-order valence-corrected chi connectivity index (χ1v) is 12.9. The molecule has 0 atom stereocenters. The Balaban J connectivity index is 1.44. The average molecular weight is 474 g/mol. The monoisotopic (exact) mass is 473 g/mol. The van der Waals surface area contributed by atoms with E-state index >= 15 is 0 Å². The van der Waals surface area contributed by atoms with Crippen LogP contribution in [-0.2, 0) is 14.8 Å². The summed E-state index contributed by atoms with van der Waals surface area (Å²) in [5.41, 5.74) is 1.74. The summed E-state index contributed by atoms with van der Waals surface area (Å²) >= 11 is 0. The zero-order chi connectivity index (χ0) is 24.1. The highest BCUT2D eigenvalue weighted by atomic mass is 32.2. The fourth-order valence-electron chi connectivity index (χ4n) is 3.94. The van der Waals surface area contributed by atoms with Crippen molar-refractivity contribution in [3.05, 3.63) is 53.9 Å². The number of benzene rings is 1. The van der Waals surface area contributed by atoms with Gasteiger partial charge in [0, 0.05) is 36.9 Å². The van der Waals surface area contributed by atoms with Crippen molar-refractivity contribution in [3.63, 3.8) is 0 Å². The number of hydrogen-bond acceptors (Lipinski definition) is 5. The van der Waals surface area contributed by atoms with Gasteiger partial charge in [-0.15, -0.1) is 0 Å². The van der Waals surface area contributed by atoms with E-state index in [9.17, 15) is 13.2 Å². The normalized spacial score (nSPS) is 15.9. The van der Waals surface area contributed by atoms with Crippen LogP contribution in [0, 0.1) is 19.3 Å².